The van der Waals surface area contributed by atoms with E-state index in [1.165, 1.54) is 0 Å². The van der Waals surface area contributed by atoms with E-state index in [0.29, 0.717) is 0 Å². The molecule has 154 valence electrons. The summed E-state index contributed by atoms with van der Waals surface area (Å²) in [7, 11) is 0. The normalized spacial score (nSPS) is 12.8. The quantitative estimate of drug-likeness (QED) is 0.585. The first-order valence-electron chi connectivity index (χ1n) is 9.55. The van der Waals surface area contributed by atoms with Crippen molar-refractivity contribution in [3.8, 4) is 23.5 Å². The number of rotatable bonds is 8. The molecule has 3 rings (SSSR count). The summed E-state index contributed by atoms with van der Waals surface area (Å²) in [4.78, 5) is 35.3. The number of hydrogen-bond acceptors (Lipinski definition) is 4. The van der Waals surface area contributed by atoms with Crippen LogP contribution in [0.1, 0.15) is 29.9 Å². The van der Waals surface area contributed by atoms with Gasteiger partial charge in [-0.1, -0.05) is 54.5 Å². The molecule has 0 fully saturated rings. The lowest BCUT2D eigenvalue weighted by Crippen LogP contribution is -2.42. The van der Waals surface area contributed by atoms with Crippen molar-refractivity contribution in [2.75, 3.05) is 13.2 Å². The minimum absolute atomic E-state index is 0.0659. The minimum atomic E-state index is -1.24. The van der Waals surface area contributed by atoms with Gasteiger partial charge in [-0.05, 0) is 28.7 Å². The van der Waals surface area contributed by atoms with E-state index in [1.807, 2.05) is 48.5 Å². The zero-order valence-electron chi connectivity index (χ0n) is 16.3. The molecule has 2 aromatic rings. The summed E-state index contributed by atoms with van der Waals surface area (Å²) in [6.45, 7) is 0.144. The maximum Gasteiger partial charge on any atom is 0.407 e. The number of alkyl carbamates (subject to hydrolysis) is 1. The van der Waals surface area contributed by atoms with Crippen LogP contribution >= 0.6 is 0 Å². The summed E-state index contributed by atoms with van der Waals surface area (Å²) in [5.41, 5.74) is 4.32. The second-order valence-corrected chi connectivity index (χ2v) is 6.88. The topological polar surface area (TPSA) is 105 Å². The largest absolute Gasteiger partial charge is 0.480 e. The van der Waals surface area contributed by atoms with Crippen LogP contribution in [0.5, 0.6) is 0 Å². The van der Waals surface area contributed by atoms with Gasteiger partial charge < -0.3 is 20.5 Å². The number of aliphatic carboxylic acids is 1. The number of carboxylic acid groups (broad SMARTS) is 1. The van der Waals surface area contributed by atoms with Crippen molar-refractivity contribution in [1.82, 2.24) is 10.6 Å². The second-order valence-electron chi connectivity index (χ2n) is 6.88. The van der Waals surface area contributed by atoms with Crippen LogP contribution in [-0.2, 0) is 14.3 Å². The zero-order valence-corrected chi connectivity index (χ0v) is 16.3. The summed E-state index contributed by atoms with van der Waals surface area (Å²) in [6.07, 6.45) is 4.07. The number of carbonyl (C=O) groups is 3. The van der Waals surface area contributed by atoms with Crippen LogP contribution in [-0.4, -0.2) is 42.3 Å². The highest BCUT2D eigenvalue weighted by Gasteiger charge is 2.29. The Kier molecular flexibility index (Phi) is 6.71. The Morgan fingerprint density at radius 1 is 1.07 bits per heavy atom. The molecule has 7 nitrogen and oxygen atoms in total. The SMILES string of the molecule is C#CCNC(=O)CC[C@H](NC(=O)OCC1c2ccccc2-c2ccccc21)C(=O)O. The Balaban J connectivity index is 1.59. The predicted octanol–water partition coefficient (Wildman–Crippen LogP) is 2.51. The zero-order chi connectivity index (χ0) is 21.5. The maximum absolute atomic E-state index is 12.2. The number of ether oxygens (including phenoxy) is 1. The predicted molar refractivity (Wildman–Crippen MR) is 111 cm³/mol. The molecule has 0 bridgehead atoms. The fourth-order valence-electron chi connectivity index (χ4n) is 3.55. The molecule has 0 aliphatic heterocycles. The highest BCUT2D eigenvalue weighted by atomic mass is 16.5. The van der Waals surface area contributed by atoms with Crippen LogP contribution < -0.4 is 10.6 Å². The molecular weight excluding hydrogens is 384 g/mol. The van der Waals surface area contributed by atoms with Crippen molar-refractivity contribution in [2.24, 2.45) is 0 Å². The number of hydrogen-bond donors (Lipinski definition) is 3. The standard InChI is InChI=1S/C23H22N2O5/c1-2-13-24-21(26)12-11-20(22(27)28)25-23(29)30-14-19-17-9-5-3-7-15(17)16-8-4-6-10-18(16)19/h1,3-10,19-20H,11-14H2,(H,24,26)(H,25,29)(H,27,28)/t20-/m0/s1. The third-order valence-corrected chi connectivity index (χ3v) is 4.98. The smallest absolute Gasteiger partial charge is 0.407 e. The molecule has 1 atom stereocenters. The summed E-state index contributed by atoms with van der Waals surface area (Å²) >= 11 is 0. The lowest BCUT2D eigenvalue weighted by atomic mass is 9.98. The monoisotopic (exact) mass is 406 g/mol. The average Bonchev–Trinajstić information content (AvgIpc) is 3.07. The van der Waals surface area contributed by atoms with Gasteiger partial charge >= 0.3 is 12.1 Å². The van der Waals surface area contributed by atoms with Crippen molar-refractivity contribution in [2.45, 2.75) is 24.8 Å². The van der Waals surface area contributed by atoms with Crippen LogP contribution in [0.4, 0.5) is 4.79 Å². The number of carboxylic acids is 1. The number of benzene rings is 2. The lowest BCUT2D eigenvalue weighted by molar-refractivity contribution is -0.139. The van der Waals surface area contributed by atoms with Crippen LogP contribution in [0.25, 0.3) is 11.1 Å². The summed E-state index contributed by atoms with van der Waals surface area (Å²) in [6, 6.07) is 14.6. The Morgan fingerprint density at radius 2 is 1.67 bits per heavy atom. The second kappa shape index (κ2) is 9.61. The molecule has 0 radical (unpaired) electrons. The molecule has 2 amide bonds. The number of terminal acetylenes is 1. The molecule has 2 aromatic carbocycles. The van der Waals surface area contributed by atoms with Gasteiger partial charge in [-0.25, -0.2) is 9.59 Å². The van der Waals surface area contributed by atoms with Crippen LogP contribution in [0.15, 0.2) is 48.5 Å². The van der Waals surface area contributed by atoms with Gasteiger partial charge in [-0.2, -0.15) is 0 Å². The fraction of sp³-hybridized carbons (Fsp3) is 0.261. The van der Waals surface area contributed by atoms with Gasteiger partial charge in [0.1, 0.15) is 12.6 Å². The number of amides is 2. The molecule has 0 unspecified atom stereocenters. The van der Waals surface area contributed by atoms with E-state index < -0.39 is 18.1 Å². The van der Waals surface area contributed by atoms with E-state index in [1.54, 1.807) is 0 Å². The van der Waals surface area contributed by atoms with Crippen molar-refractivity contribution in [3.63, 3.8) is 0 Å². The summed E-state index contributed by atoms with van der Waals surface area (Å²) < 4.78 is 5.35. The van der Waals surface area contributed by atoms with Crippen molar-refractivity contribution in [3.05, 3.63) is 59.7 Å². The van der Waals surface area contributed by atoms with Gasteiger partial charge in [0, 0.05) is 12.3 Å². The van der Waals surface area contributed by atoms with E-state index in [2.05, 4.69) is 16.6 Å². The van der Waals surface area contributed by atoms with Gasteiger partial charge in [-0.15, -0.1) is 6.42 Å². The van der Waals surface area contributed by atoms with E-state index >= 15 is 0 Å². The van der Waals surface area contributed by atoms with Gasteiger partial charge in [0.15, 0.2) is 0 Å². The first-order chi connectivity index (χ1) is 14.5. The van der Waals surface area contributed by atoms with Crippen molar-refractivity contribution < 1.29 is 24.2 Å². The molecule has 1 aliphatic rings. The Morgan fingerprint density at radius 3 is 2.23 bits per heavy atom. The van der Waals surface area contributed by atoms with E-state index in [-0.39, 0.29) is 37.8 Å². The number of nitrogens with one attached hydrogen (secondary N) is 2. The van der Waals surface area contributed by atoms with Crippen molar-refractivity contribution in [1.29, 1.82) is 0 Å². The minimum Gasteiger partial charge on any atom is -0.480 e. The molecular formula is C23H22N2O5. The van der Waals surface area contributed by atoms with Crippen molar-refractivity contribution >= 4 is 18.0 Å². The summed E-state index contributed by atoms with van der Waals surface area (Å²) in [5.74, 6) is 0.513. The molecule has 3 N–H and O–H groups in total. The first-order valence-corrected chi connectivity index (χ1v) is 9.55. The maximum atomic E-state index is 12.2. The lowest BCUT2D eigenvalue weighted by Gasteiger charge is -2.17. The summed E-state index contributed by atoms with van der Waals surface area (Å²) in [5, 5.41) is 14.1. The third-order valence-electron chi connectivity index (χ3n) is 4.98. The highest BCUT2D eigenvalue weighted by molar-refractivity contribution is 5.82. The third kappa shape index (κ3) is 4.78. The van der Waals surface area contributed by atoms with E-state index in [4.69, 9.17) is 11.2 Å². The molecule has 0 saturated heterocycles. The first kappa shape index (κ1) is 20.9. The van der Waals surface area contributed by atoms with Gasteiger partial charge in [0.05, 0.1) is 6.54 Å². The van der Waals surface area contributed by atoms with Crippen LogP contribution in [0, 0.1) is 12.3 Å². The molecule has 1 aliphatic carbocycles. The number of fused-ring (bicyclic) bond motifs is 3. The highest BCUT2D eigenvalue weighted by Crippen LogP contribution is 2.44. The van der Waals surface area contributed by atoms with Gasteiger partial charge in [0.25, 0.3) is 0 Å². The molecule has 0 saturated carbocycles. The van der Waals surface area contributed by atoms with Gasteiger partial charge in [0.2, 0.25) is 5.91 Å². The average molecular weight is 406 g/mol. The molecule has 30 heavy (non-hydrogen) atoms. The Hall–Kier alpha value is -3.79. The Labute approximate surface area is 174 Å². The fourth-order valence-corrected chi connectivity index (χ4v) is 3.55. The van der Waals surface area contributed by atoms with Gasteiger partial charge in [-0.3, -0.25) is 4.79 Å². The number of carbonyl (C=O) groups excluding carboxylic acids is 2. The molecule has 0 aromatic heterocycles. The molecule has 7 heteroatoms. The van der Waals surface area contributed by atoms with E-state index in [9.17, 15) is 19.5 Å². The van der Waals surface area contributed by atoms with E-state index in [0.717, 1.165) is 22.3 Å². The van der Waals surface area contributed by atoms with Crippen LogP contribution in [0.3, 0.4) is 0 Å². The van der Waals surface area contributed by atoms with Crippen LogP contribution in [0.2, 0.25) is 0 Å². The molecule has 0 spiro atoms. The Bertz CT molecular complexity index is 950. The molecule has 0 heterocycles.